The predicted molar refractivity (Wildman–Crippen MR) is 67.1 cm³/mol. The molecule has 0 aliphatic rings. The number of anilines is 2. The van der Waals surface area contributed by atoms with E-state index in [4.69, 9.17) is 11.5 Å². The van der Waals surface area contributed by atoms with Crippen LogP contribution in [-0.4, -0.2) is 4.57 Å². The summed E-state index contributed by atoms with van der Waals surface area (Å²) in [5.74, 6) is 0. The Morgan fingerprint density at radius 1 is 1.27 bits per heavy atom. The molecule has 4 N–H and O–H groups in total. The third-order valence-corrected chi connectivity index (χ3v) is 3.76. The van der Waals surface area contributed by atoms with Crippen LogP contribution in [0.5, 0.6) is 0 Å². The fourth-order valence-electron chi connectivity index (χ4n) is 1.90. The van der Waals surface area contributed by atoms with Gasteiger partial charge in [-0.05, 0) is 18.2 Å². The minimum Gasteiger partial charge on any atom is -0.396 e. The van der Waals surface area contributed by atoms with Gasteiger partial charge in [0.1, 0.15) is 5.00 Å². The van der Waals surface area contributed by atoms with Crippen LogP contribution in [0.3, 0.4) is 0 Å². The van der Waals surface area contributed by atoms with Gasteiger partial charge in [-0.1, -0.05) is 0 Å². The molecule has 3 nitrogen and oxygen atoms in total. The zero-order chi connectivity index (χ0) is 10.6. The Bertz CT molecular complexity index is 663. The monoisotopic (exact) mass is 217 g/mol. The van der Waals surface area contributed by atoms with E-state index in [2.05, 4.69) is 22.8 Å². The van der Waals surface area contributed by atoms with E-state index in [1.54, 1.807) is 11.3 Å². The van der Waals surface area contributed by atoms with E-state index in [-0.39, 0.29) is 0 Å². The van der Waals surface area contributed by atoms with E-state index in [1.807, 2.05) is 13.2 Å². The first kappa shape index (κ1) is 8.61. The molecule has 0 radical (unpaired) electrons. The molecule has 2 heterocycles. The number of hydrogen-bond acceptors (Lipinski definition) is 3. The van der Waals surface area contributed by atoms with E-state index in [0.29, 0.717) is 10.7 Å². The van der Waals surface area contributed by atoms with Crippen LogP contribution in [0.25, 0.3) is 21.0 Å². The molecule has 0 unspecified atom stereocenters. The summed E-state index contributed by atoms with van der Waals surface area (Å²) in [6, 6.07) is 6.33. The Morgan fingerprint density at radius 2 is 2.07 bits per heavy atom. The standard InChI is InChI=1S/C11H11N3S/c1-14-3-2-6-4-7-9(5-8(6)14)15-11(13)10(7)12/h2-5H,12-13H2,1H3. The molecule has 2 aromatic heterocycles. The predicted octanol–water partition coefficient (Wildman–Crippen LogP) is 2.56. The first-order chi connectivity index (χ1) is 7.16. The van der Waals surface area contributed by atoms with Crippen molar-refractivity contribution in [3.8, 4) is 0 Å². The second kappa shape index (κ2) is 2.67. The Balaban J connectivity index is 2.54. The lowest BCUT2D eigenvalue weighted by atomic mass is 10.2. The smallest absolute Gasteiger partial charge is 0.110 e. The van der Waals surface area contributed by atoms with Crippen LogP contribution in [0.4, 0.5) is 10.7 Å². The molecule has 3 rings (SSSR count). The van der Waals surface area contributed by atoms with Crippen LogP contribution in [-0.2, 0) is 7.05 Å². The van der Waals surface area contributed by atoms with E-state index >= 15 is 0 Å². The Hall–Kier alpha value is -1.68. The quantitative estimate of drug-likeness (QED) is 0.608. The molecular weight excluding hydrogens is 206 g/mol. The van der Waals surface area contributed by atoms with Crippen LogP contribution in [0, 0.1) is 0 Å². The van der Waals surface area contributed by atoms with Gasteiger partial charge in [0.2, 0.25) is 0 Å². The second-order valence-electron chi connectivity index (χ2n) is 3.71. The molecule has 0 atom stereocenters. The van der Waals surface area contributed by atoms with Crippen molar-refractivity contribution in [1.29, 1.82) is 0 Å². The van der Waals surface area contributed by atoms with Gasteiger partial charge < -0.3 is 16.0 Å². The highest BCUT2D eigenvalue weighted by Gasteiger charge is 2.08. The SMILES string of the molecule is Cn1ccc2cc3c(N)c(N)sc3cc21. The molecule has 0 saturated carbocycles. The van der Waals surface area contributed by atoms with Crippen molar-refractivity contribution < 1.29 is 0 Å². The van der Waals surface area contributed by atoms with Gasteiger partial charge in [-0.25, -0.2) is 0 Å². The maximum Gasteiger partial charge on any atom is 0.110 e. The molecule has 0 aliphatic carbocycles. The Kier molecular flexibility index (Phi) is 1.53. The average Bonchev–Trinajstić information content (AvgIpc) is 2.70. The molecular formula is C11H11N3S. The summed E-state index contributed by atoms with van der Waals surface area (Å²) >= 11 is 1.55. The molecule has 0 bridgehead atoms. The van der Waals surface area contributed by atoms with E-state index in [0.717, 1.165) is 10.1 Å². The summed E-state index contributed by atoms with van der Waals surface area (Å²) in [5.41, 5.74) is 13.6. The molecule has 0 fully saturated rings. The fourth-order valence-corrected chi connectivity index (χ4v) is 2.80. The van der Waals surface area contributed by atoms with Crippen LogP contribution >= 0.6 is 11.3 Å². The van der Waals surface area contributed by atoms with Crippen LogP contribution < -0.4 is 11.5 Å². The number of aromatic nitrogens is 1. The van der Waals surface area contributed by atoms with E-state index < -0.39 is 0 Å². The zero-order valence-electron chi connectivity index (χ0n) is 8.32. The number of hydrogen-bond donors (Lipinski definition) is 2. The molecule has 15 heavy (non-hydrogen) atoms. The van der Waals surface area contributed by atoms with Crippen molar-refractivity contribution >= 4 is 43.0 Å². The van der Waals surface area contributed by atoms with Gasteiger partial charge >= 0.3 is 0 Å². The van der Waals surface area contributed by atoms with Crippen molar-refractivity contribution in [2.24, 2.45) is 7.05 Å². The van der Waals surface area contributed by atoms with Crippen molar-refractivity contribution in [2.75, 3.05) is 11.5 Å². The lowest BCUT2D eigenvalue weighted by Gasteiger charge is -1.97. The molecule has 76 valence electrons. The molecule has 0 saturated heterocycles. The largest absolute Gasteiger partial charge is 0.396 e. The minimum atomic E-state index is 0.709. The summed E-state index contributed by atoms with van der Waals surface area (Å²) in [4.78, 5) is 0. The van der Waals surface area contributed by atoms with Crippen LogP contribution in [0.1, 0.15) is 0 Å². The number of nitrogens with zero attached hydrogens (tertiary/aromatic N) is 1. The molecule has 0 amide bonds. The molecule has 1 aromatic carbocycles. The lowest BCUT2D eigenvalue weighted by Crippen LogP contribution is -1.88. The summed E-state index contributed by atoms with van der Waals surface area (Å²) in [6.45, 7) is 0. The fraction of sp³-hybridized carbons (Fsp3) is 0.0909. The third-order valence-electron chi connectivity index (χ3n) is 2.76. The lowest BCUT2D eigenvalue weighted by molar-refractivity contribution is 0.970. The molecule has 0 spiro atoms. The number of thiophene rings is 1. The van der Waals surface area contributed by atoms with Gasteiger partial charge in [0.25, 0.3) is 0 Å². The number of nitrogens with two attached hydrogens (primary N) is 2. The zero-order valence-corrected chi connectivity index (χ0v) is 9.14. The van der Waals surface area contributed by atoms with E-state index in [1.165, 1.54) is 10.9 Å². The van der Waals surface area contributed by atoms with Gasteiger partial charge in [0.15, 0.2) is 0 Å². The summed E-state index contributed by atoms with van der Waals surface area (Å²) < 4.78 is 3.25. The summed E-state index contributed by atoms with van der Waals surface area (Å²) in [5, 5.41) is 2.98. The minimum absolute atomic E-state index is 0.709. The van der Waals surface area contributed by atoms with Gasteiger partial charge in [-0.15, -0.1) is 11.3 Å². The number of nitrogen functional groups attached to an aromatic ring is 2. The average molecular weight is 217 g/mol. The van der Waals surface area contributed by atoms with Crippen molar-refractivity contribution in [3.05, 3.63) is 24.4 Å². The number of fused-ring (bicyclic) bond motifs is 2. The van der Waals surface area contributed by atoms with E-state index in [9.17, 15) is 0 Å². The highest BCUT2D eigenvalue weighted by Crippen LogP contribution is 2.38. The highest BCUT2D eigenvalue weighted by atomic mass is 32.1. The first-order valence-electron chi connectivity index (χ1n) is 4.69. The van der Waals surface area contributed by atoms with Gasteiger partial charge in [0, 0.05) is 34.2 Å². The summed E-state index contributed by atoms with van der Waals surface area (Å²) in [7, 11) is 2.04. The van der Waals surface area contributed by atoms with Crippen molar-refractivity contribution in [1.82, 2.24) is 4.57 Å². The maximum absolute atomic E-state index is 5.91. The van der Waals surface area contributed by atoms with Crippen LogP contribution in [0.15, 0.2) is 24.4 Å². The molecule has 3 aromatic rings. The maximum atomic E-state index is 5.91. The number of benzene rings is 1. The topological polar surface area (TPSA) is 57.0 Å². The van der Waals surface area contributed by atoms with Gasteiger partial charge in [-0.3, -0.25) is 0 Å². The van der Waals surface area contributed by atoms with Gasteiger partial charge in [0.05, 0.1) is 5.69 Å². The normalized spacial score (nSPS) is 11.5. The number of aryl methyl sites for hydroxylation is 1. The van der Waals surface area contributed by atoms with Crippen molar-refractivity contribution in [3.63, 3.8) is 0 Å². The molecule has 4 heteroatoms. The third kappa shape index (κ3) is 1.05. The van der Waals surface area contributed by atoms with Crippen LogP contribution in [0.2, 0.25) is 0 Å². The van der Waals surface area contributed by atoms with Gasteiger partial charge in [-0.2, -0.15) is 0 Å². The highest BCUT2D eigenvalue weighted by molar-refractivity contribution is 7.23. The molecule has 0 aliphatic heterocycles. The Morgan fingerprint density at radius 3 is 2.87 bits per heavy atom. The Labute approximate surface area is 90.9 Å². The summed E-state index contributed by atoms with van der Waals surface area (Å²) in [6.07, 6.45) is 2.05. The first-order valence-corrected chi connectivity index (χ1v) is 5.51. The van der Waals surface area contributed by atoms with Crippen molar-refractivity contribution in [2.45, 2.75) is 0 Å². The number of rotatable bonds is 0. The second-order valence-corrected chi connectivity index (χ2v) is 4.80.